The van der Waals surface area contributed by atoms with Crippen molar-refractivity contribution in [3.05, 3.63) is 102 Å². The van der Waals surface area contributed by atoms with E-state index in [4.69, 9.17) is 0 Å². The van der Waals surface area contributed by atoms with E-state index in [-0.39, 0.29) is 12.2 Å². The molecule has 0 saturated carbocycles. The Kier molecular flexibility index (Phi) is 6.59. The van der Waals surface area contributed by atoms with Crippen LogP contribution < -0.4 is 0 Å². The number of hydrogen-bond acceptors (Lipinski definition) is 4. The van der Waals surface area contributed by atoms with E-state index >= 15 is 0 Å². The first kappa shape index (κ1) is 22.3. The summed E-state index contributed by atoms with van der Waals surface area (Å²) in [6.45, 7) is 3.56. The molecule has 1 heterocycles. The van der Waals surface area contributed by atoms with Crippen LogP contribution in [0.1, 0.15) is 40.7 Å². The van der Waals surface area contributed by atoms with Crippen molar-refractivity contribution in [2.75, 3.05) is 0 Å². The molecule has 0 bridgehead atoms. The molecule has 0 aliphatic carbocycles. The molecule has 0 aliphatic heterocycles. The maximum absolute atomic E-state index is 13.4. The van der Waals surface area contributed by atoms with Gasteiger partial charge in [-0.3, -0.25) is 14.4 Å². The van der Waals surface area contributed by atoms with Gasteiger partial charge in [-0.2, -0.15) is 0 Å². The molecule has 166 valence electrons. The molecular weight excluding hydrogens is 412 g/mol. The van der Waals surface area contributed by atoms with Crippen molar-refractivity contribution in [2.45, 2.75) is 33.2 Å². The fourth-order valence-corrected chi connectivity index (χ4v) is 4.26. The molecule has 4 rings (SSSR count). The van der Waals surface area contributed by atoms with Crippen LogP contribution in [-0.4, -0.2) is 26.9 Å². The third kappa shape index (κ3) is 5.14. The van der Waals surface area contributed by atoms with Gasteiger partial charge in [-0.25, -0.2) is 4.98 Å². The highest BCUT2D eigenvalue weighted by Crippen LogP contribution is 2.21. The molecule has 33 heavy (non-hydrogen) atoms. The van der Waals surface area contributed by atoms with Gasteiger partial charge in [0.25, 0.3) is 0 Å². The molecule has 1 unspecified atom stereocenters. The number of rotatable bonds is 9. The second kappa shape index (κ2) is 9.74. The van der Waals surface area contributed by atoms with Crippen LogP contribution in [0.25, 0.3) is 10.8 Å². The van der Waals surface area contributed by atoms with Crippen LogP contribution in [-0.2, 0) is 22.6 Å². The molecule has 1 aromatic heterocycles. The minimum Gasteiger partial charge on any atom is -0.323 e. The van der Waals surface area contributed by atoms with Gasteiger partial charge in [0.05, 0.1) is 12.0 Å². The minimum atomic E-state index is -0.694. The highest BCUT2D eigenvalue weighted by molar-refractivity contribution is 6.37. The van der Waals surface area contributed by atoms with Crippen LogP contribution in [0.15, 0.2) is 79.1 Å². The molecule has 0 fully saturated rings. The smallest absolute Gasteiger partial charge is 0.201 e. The molecule has 0 amide bonds. The van der Waals surface area contributed by atoms with E-state index in [9.17, 15) is 14.4 Å². The zero-order chi connectivity index (χ0) is 23.4. The van der Waals surface area contributed by atoms with Gasteiger partial charge in [-0.15, -0.1) is 0 Å². The zero-order valence-electron chi connectivity index (χ0n) is 18.8. The lowest BCUT2D eigenvalue weighted by atomic mass is 9.88. The van der Waals surface area contributed by atoms with Crippen LogP contribution in [0, 0.1) is 12.8 Å². The van der Waals surface area contributed by atoms with Gasteiger partial charge in [-0.1, -0.05) is 66.7 Å². The van der Waals surface area contributed by atoms with Gasteiger partial charge >= 0.3 is 0 Å². The maximum atomic E-state index is 13.4. The Morgan fingerprint density at radius 3 is 2.30 bits per heavy atom. The molecule has 0 radical (unpaired) electrons. The van der Waals surface area contributed by atoms with Crippen molar-refractivity contribution in [2.24, 2.45) is 5.92 Å². The highest BCUT2D eigenvalue weighted by atomic mass is 16.2. The average Bonchev–Trinajstić information content (AvgIpc) is 3.18. The normalized spacial score (nSPS) is 11.9. The summed E-state index contributed by atoms with van der Waals surface area (Å²) < 4.78 is 1.83. The van der Waals surface area contributed by atoms with Crippen molar-refractivity contribution >= 4 is 28.1 Å². The first-order chi connectivity index (χ1) is 15.9. The first-order valence-corrected chi connectivity index (χ1v) is 11.0. The second-order valence-electron chi connectivity index (χ2n) is 8.42. The number of ketones is 3. The number of benzene rings is 3. The second-order valence-corrected chi connectivity index (χ2v) is 8.42. The van der Waals surface area contributed by atoms with Gasteiger partial charge < -0.3 is 4.57 Å². The van der Waals surface area contributed by atoms with Crippen LogP contribution in [0.4, 0.5) is 0 Å². The Labute approximate surface area is 193 Å². The molecule has 0 aliphatic rings. The standard InChI is InChI=1S/C28H26N2O3/c1-19-27(26(32)16-25(28(33)20(2)31)14-21-8-4-3-5-9-21)30(18-29-19)17-22-12-13-23-10-6-7-11-24(23)15-22/h3-13,15,18,25H,14,16-17H2,1-2H3. The van der Waals surface area contributed by atoms with E-state index in [1.54, 1.807) is 13.3 Å². The van der Waals surface area contributed by atoms with Crippen LogP contribution in [0.3, 0.4) is 0 Å². The first-order valence-electron chi connectivity index (χ1n) is 11.0. The minimum absolute atomic E-state index is 0.0302. The molecular formula is C28H26N2O3. The zero-order valence-corrected chi connectivity index (χ0v) is 18.8. The molecule has 3 aromatic carbocycles. The number of aryl methyl sites for hydroxylation is 1. The lowest BCUT2D eigenvalue weighted by Crippen LogP contribution is -2.27. The summed E-state index contributed by atoms with van der Waals surface area (Å²) in [6.07, 6.45) is 1.98. The lowest BCUT2D eigenvalue weighted by Gasteiger charge is -2.15. The Morgan fingerprint density at radius 1 is 0.879 bits per heavy atom. The predicted octanol–water partition coefficient (Wildman–Crippen LogP) is 4.98. The van der Waals surface area contributed by atoms with Crippen molar-refractivity contribution in [1.82, 2.24) is 9.55 Å². The fraction of sp³-hybridized carbons (Fsp3) is 0.214. The lowest BCUT2D eigenvalue weighted by molar-refractivity contribution is -0.137. The summed E-state index contributed by atoms with van der Waals surface area (Å²) in [5.41, 5.74) is 3.08. The van der Waals surface area contributed by atoms with Crippen LogP contribution in [0.5, 0.6) is 0 Å². The van der Waals surface area contributed by atoms with Crippen molar-refractivity contribution in [1.29, 1.82) is 0 Å². The van der Waals surface area contributed by atoms with E-state index in [0.717, 1.165) is 21.9 Å². The Bertz CT molecular complexity index is 1320. The molecule has 0 spiro atoms. The summed E-state index contributed by atoms with van der Waals surface area (Å²) in [4.78, 5) is 42.2. The monoisotopic (exact) mass is 438 g/mol. The van der Waals surface area contributed by atoms with E-state index in [1.807, 2.05) is 53.1 Å². The topological polar surface area (TPSA) is 69.0 Å². The van der Waals surface area contributed by atoms with Crippen molar-refractivity contribution in [3.63, 3.8) is 0 Å². The van der Waals surface area contributed by atoms with Gasteiger partial charge in [-0.05, 0) is 41.3 Å². The number of carbonyl (C=O) groups excluding carboxylic acids is 3. The number of nitrogens with zero attached hydrogens (tertiary/aromatic N) is 2. The van der Waals surface area contributed by atoms with E-state index in [1.165, 1.54) is 6.92 Å². The largest absolute Gasteiger partial charge is 0.323 e. The molecule has 5 heteroatoms. The summed E-state index contributed by atoms with van der Waals surface area (Å²) in [5.74, 6) is -1.90. The highest BCUT2D eigenvalue weighted by Gasteiger charge is 2.28. The molecule has 0 saturated heterocycles. The number of carbonyl (C=O) groups is 3. The van der Waals surface area contributed by atoms with Gasteiger partial charge in [0.1, 0.15) is 5.69 Å². The number of imidazole rings is 1. The quantitative estimate of drug-likeness (QED) is 0.273. The molecule has 4 aromatic rings. The maximum Gasteiger partial charge on any atom is 0.201 e. The van der Waals surface area contributed by atoms with E-state index in [2.05, 4.69) is 29.2 Å². The van der Waals surface area contributed by atoms with Crippen molar-refractivity contribution < 1.29 is 14.4 Å². The van der Waals surface area contributed by atoms with Gasteiger partial charge in [0.2, 0.25) is 5.78 Å². The number of aromatic nitrogens is 2. The average molecular weight is 439 g/mol. The third-order valence-electron chi connectivity index (χ3n) is 5.93. The van der Waals surface area contributed by atoms with Gasteiger partial charge in [0, 0.05) is 25.8 Å². The number of Topliss-reactive ketones (excluding diaryl/α,β-unsaturated/α-hetero) is 3. The molecule has 5 nitrogen and oxygen atoms in total. The Hall–Kier alpha value is -3.86. The predicted molar refractivity (Wildman–Crippen MR) is 128 cm³/mol. The Morgan fingerprint density at radius 2 is 1.58 bits per heavy atom. The summed E-state index contributed by atoms with van der Waals surface area (Å²) >= 11 is 0. The molecule has 0 N–H and O–H groups in total. The van der Waals surface area contributed by atoms with E-state index in [0.29, 0.717) is 24.4 Å². The summed E-state index contributed by atoms with van der Waals surface area (Å²) in [5, 5.41) is 2.29. The van der Waals surface area contributed by atoms with Crippen molar-refractivity contribution in [3.8, 4) is 0 Å². The summed E-state index contributed by atoms with van der Waals surface area (Å²) in [7, 11) is 0. The van der Waals surface area contributed by atoms with Crippen LogP contribution >= 0.6 is 0 Å². The third-order valence-corrected chi connectivity index (χ3v) is 5.93. The fourth-order valence-electron chi connectivity index (χ4n) is 4.26. The van der Waals surface area contributed by atoms with Crippen LogP contribution in [0.2, 0.25) is 0 Å². The van der Waals surface area contributed by atoms with E-state index < -0.39 is 17.5 Å². The SMILES string of the molecule is CC(=O)C(=O)C(CC(=O)c1c(C)ncn1Cc1ccc2ccccc2c1)Cc1ccccc1. The van der Waals surface area contributed by atoms with Gasteiger partial charge in [0.15, 0.2) is 11.6 Å². The Balaban J connectivity index is 1.58. The number of fused-ring (bicyclic) bond motifs is 1. The number of hydrogen-bond donors (Lipinski definition) is 0. The summed E-state index contributed by atoms with van der Waals surface area (Å²) in [6, 6.07) is 23.8. The molecule has 1 atom stereocenters.